The number of carbonyl (C=O) groups is 1. The number of benzene rings is 3. The van der Waals surface area contributed by atoms with Gasteiger partial charge in [0.15, 0.2) is 6.61 Å². The summed E-state index contributed by atoms with van der Waals surface area (Å²) in [6, 6.07) is 18.2. The first-order valence-electron chi connectivity index (χ1n) is 16.8. The number of aryl methyl sites for hydroxylation is 1. The van der Waals surface area contributed by atoms with Gasteiger partial charge in [0, 0.05) is 56.3 Å². The molecule has 7 rings (SSSR count). The van der Waals surface area contributed by atoms with E-state index in [-0.39, 0.29) is 34.9 Å². The molecule has 1 amide bonds. The van der Waals surface area contributed by atoms with Crippen LogP contribution in [0.2, 0.25) is 0 Å². The average Bonchev–Trinajstić information content (AvgIpc) is 3.80. The van der Waals surface area contributed by atoms with Crippen molar-refractivity contribution in [2.75, 3.05) is 32.8 Å². The molecule has 1 saturated heterocycles. The molecule has 0 saturated carbocycles. The summed E-state index contributed by atoms with van der Waals surface area (Å²) >= 11 is 0. The minimum Gasteiger partial charge on any atom is -0.484 e. The van der Waals surface area contributed by atoms with E-state index in [9.17, 15) is 31.1 Å². The van der Waals surface area contributed by atoms with E-state index in [0.717, 1.165) is 28.6 Å². The van der Waals surface area contributed by atoms with Crippen molar-refractivity contribution >= 4 is 16.8 Å². The molecular formula is C37H31F6N7O4. The van der Waals surface area contributed by atoms with E-state index in [1.165, 1.54) is 36.7 Å². The lowest BCUT2D eigenvalue weighted by Crippen LogP contribution is -2.48. The molecule has 0 atom stereocenters. The molecule has 280 valence electrons. The predicted molar refractivity (Wildman–Crippen MR) is 183 cm³/mol. The summed E-state index contributed by atoms with van der Waals surface area (Å²) in [5.74, 6) is 0.820. The number of rotatable bonds is 10. The molecule has 1 aliphatic rings. The molecular weight excluding hydrogens is 720 g/mol. The minimum atomic E-state index is -4.46. The fraction of sp³-hybridized carbons (Fsp3) is 0.270. The van der Waals surface area contributed by atoms with Crippen molar-refractivity contribution in [3.8, 4) is 40.4 Å². The number of amides is 1. The number of hydrogen-bond acceptors (Lipinski definition) is 9. The van der Waals surface area contributed by atoms with Crippen LogP contribution in [0.25, 0.3) is 33.9 Å². The molecule has 1 aliphatic heterocycles. The van der Waals surface area contributed by atoms with E-state index in [1.54, 1.807) is 18.2 Å². The van der Waals surface area contributed by atoms with Gasteiger partial charge in [0.05, 0.1) is 23.5 Å². The smallest absolute Gasteiger partial charge is 0.422 e. The number of ether oxygens (including phenoxy) is 2. The standard InChI is InChI=1S/C37H31F6N7O4/c1-2-50-30-18-28(53-32-20-44-29(19-45-32)34-46-33(47-54-34)24-5-8-26(9-6-24)37(41,42)43)12-7-25(30)17-31(50)35(51)49-15-13-48(14-16-49)21-23-3-10-27(11-4-23)52-22-36(38,39)40/h3-12,17-20H,2,13-16,21-22H2,1H3. The fourth-order valence-electron chi connectivity index (χ4n) is 6.05. The van der Waals surface area contributed by atoms with Gasteiger partial charge in [0.1, 0.15) is 22.9 Å². The maximum atomic E-state index is 13.7. The summed E-state index contributed by atoms with van der Waals surface area (Å²) in [5, 5.41) is 4.70. The van der Waals surface area contributed by atoms with Crippen molar-refractivity contribution < 1.29 is 45.1 Å². The SMILES string of the molecule is CCn1c(C(=O)N2CCN(Cc3ccc(OCC(F)(F)F)cc3)CC2)cc2ccc(Oc3cnc(-c4nc(-c5ccc(C(F)(F)F)cc5)no4)cn3)cc21. The molecule has 0 unspecified atom stereocenters. The van der Waals surface area contributed by atoms with E-state index in [4.69, 9.17) is 14.0 Å². The first kappa shape index (κ1) is 36.4. The number of nitrogens with zero attached hydrogens (tertiary/aromatic N) is 7. The van der Waals surface area contributed by atoms with E-state index in [0.29, 0.717) is 56.3 Å². The second-order valence-corrected chi connectivity index (χ2v) is 12.5. The van der Waals surface area contributed by atoms with Crippen molar-refractivity contribution in [3.63, 3.8) is 0 Å². The average molecular weight is 752 g/mol. The third-order valence-electron chi connectivity index (χ3n) is 8.77. The predicted octanol–water partition coefficient (Wildman–Crippen LogP) is 7.88. The summed E-state index contributed by atoms with van der Waals surface area (Å²) in [6.45, 7) is 4.03. The normalized spacial score (nSPS) is 14.1. The lowest BCUT2D eigenvalue weighted by atomic mass is 10.1. The van der Waals surface area contributed by atoms with Gasteiger partial charge in [-0.15, -0.1) is 0 Å². The van der Waals surface area contributed by atoms with Gasteiger partial charge in [-0.2, -0.15) is 31.3 Å². The first-order valence-corrected chi connectivity index (χ1v) is 16.8. The third kappa shape index (κ3) is 8.30. The highest BCUT2D eigenvalue weighted by molar-refractivity contribution is 5.99. The van der Waals surface area contributed by atoms with Crippen LogP contribution in [-0.2, 0) is 19.3 Å². The Hall–Kier alpha value is -5.97. The molecule has 6 aromatic rings. The highest BCUT2D eigenvalue weighted by Gasteiger charge is 2.31. The van der Waals surface area contributed by atoms with E-state index >= 15 is 0 Å². The number of piperazine rings is 1. The van der Waals surface area contributed by atoms with Gasteiger partial charge >= 0.3 is 12.4 Å². The molecule has 0 aliphatic carbocycles. The number of fused-ring (bicyclic) bond motifs is 1. The van der Waals surface area contributed by atoms with E-state index in [1.807, 2.05) is 34.6 Å². The maximum absolute atomic E-state index is 13.7. The summed E-state index contributed by atoms with van der Waals surface area (Å²) < 4.78 is 93.9. The van der Waals surface area contributed by atoms with Crippen LogP contribution >= 0.6 is 0 Å². The molecule has 0 N–H and O–H groups in total. The zero-order valence-corrected chi connectivity index (χ0v) is 28.6. The molecule has 54 heavy (non-hydrogen) atoms. The van der Waals surface area contributed by atoms with E-state index in [2.05, 4.69) is 25.0 Å². The van der Waals surface area contributed by atoms with Crippen LogP contribution in [0.1, 0.15) is 28.5 Å². The Morgan fingerprint density at radius 3 is 2.22 bits per heavy atom. The highest BCUT2D eigenvalue weighted by Crippen LogP contribution is 2.32. The van der Waals surface area contributed by atoms with Crippen LogP contribution in [0.4, 0.5) is 26.3 Å². The molecule has 3 aromatic carbocycles. The number of hydrogen-bond donors (Lipinski definition) is 0. The summed E-state index contributed by atoms with van der Waals surface area (Å²) in [4.78, 5) is 30.5. The molecule has 0 spiro atoms. The molecule has 17 heteroatoms. The summed E-state index contributed by atoms with van der Waals surface area (Å²) in [6.07, 6.45) is -6.11. The number of halogens is 6. The van der Waals surface area contributed by atoms with Crippen LogP contribution in [0, 0.1) is 0 Å². The van der Waals surface area contributed by atoms with Gasteiger partial charge in [-0.3, -0.25) is 9.69 Å². The third-order valence-corrected chi connectivity index (χ3v) is 8.77. The molecule has 11 nitrogen and oxygen atoms in total. The lowest BCUT2D eigenvalue weighted by molar-refractivity contribution is -0.153. The summed E-state index contributed by atoms with van der Waals surface area (Å²) in [7, 11) is 0. The largest absolute Gasteiger partial charge is 0.484 e. The number of carbonyl (C=O) groups excluding carboxylic acids is 1. The number of alkyl halides is 6. The van der Waals surface area contributed by atoms with E-state index < -0.39 is 24.5 Å². The topological polar surface area (TPSA) is 112 Å². The van der Waals surface area contributed by atoms with Gasteiger partial charge in [-0.1, -0.05) is 29.4 Å². The van der Waals surface area contributed by atoms with Gasteiger partial charge in [-0.25, -0.2) is 9.97 Å². The minimum absolute atomic E-state index is 0.0240. The van der Waals surface area contributed by atoms with Crippen LogP contribution in [0.15, 0.2) is 89.7 Å². The Bertz CT molecular complexity index is 2230. The lowest BCUT2D eigenvalue weighted by Gasteiger charge is -2.35. The molecule has 0 radical (unpaired) electrons. The van der Waals surface area contributed by atoms with Gasteiger partial charge in [0.25, 0.3) is 11.8 Å². The second-order valence-electron chi connectivity index (χ2n) is 12.5. The second kappa shape index (κ2) is 14.8. The van der Waals surface area contributed by atoms with Crippen molar-refractivity contribution in [3.05, 3.63) is 102 Å². The Balaban J connectivity index is 0.963. The van der Waals surface area contributed by atoms with Crippen molar-refractivity contribution in [2.24, 2.45) is 0 Å². The maximum Gasteiger partial charge on any atom is 0.422 e. The molecule has 0 bridgehead atoms. The highest BCUT2D eigenvalue weighted by atomic mass is 19.4. The fourth-order valence-corrected chi connectivity index (χ4v) is 6.05. The van der Waals surface area contributed by atoms with Crippen molar-refractivity contribution in [1.82, 2.24) is 34.5 Å². The Morgan fingerprint density at radius 2 is 1.57 bits per heavy atom. The van der Waals surface area contributed by atoms with Crippen molar-refractivity contribution in [1.29, 1.82) is 0 Å². The Labute approximate surface area is 303 Å². The Morgan fingerprint density at radius 1 is 0.852 bits per heavy atom. The first-order chi connectivity index (χ1) is 25.8. The zero-order valence-electron chi connectivity index (χ0n) is 28.6. The number of aromatic nitrogens is 5. The van der Waals surface area contributed by atoms with Gasteiger partial charge in [-0.05, 0) is 55.0 Å². The van der Waals surface area contributed by atoms with Crippen LogP contribution in [-0.4, -0.2) is 79.3 Å². The van der Waals surface area contributed by atoms with Crippen LogP contribution in [0.5, 0.6) is 17.4 Å². The zero-order chi connectivity index (χ0) is 38.0. The Kier molecular flexibility index (Phi) is 9.98. The van der Waals surface area contributed by atoms with Crippen molar-refractivity contribution in [2.45, 2.75) is 32.4 Å². The molecule has 3 aromatic heterocycles. The molecule has 1 fully saturated rings. The quantitative estimate of drug-likeness (QED) is 0.129. The van der Waals surface area contributed by atoms with Gasteiger partial charge in [0.2, 0.25) is 11.7 Å². The van der Waals surface area contributed by atoms with Crippen LogP contribution in [0.3, 0.4) is 0 Å². The monoisotopic (exact) mass is 751 g/mol. The van der Waals surface area contributed by atoms with Gasteiger partial charge < -0.3 is 23.5 Å². The van der Waals surface area contributed by atoms with Crippen LogP contribution < -0.4 is 9.47 Å². The summed E-state index contributed by atoms with van der Waals surface area (Å²) in [5.41, 5.74) is 2.06. The molecule has 4 heterocycles.